The van der Waals surface area contributed by atoms with E-state index in [9.17, 15) is 4.39 Å². The lowest BCUT2D eigenvalue weighted by Gasteiger charge is -2.38. The van der Waals surface area contributed by atoms with Crippen molar-refractivity contribution in [2.24, 2.45) is 0 Å². The number of carbonyl (C=O) groups excluding carboxylic acids is 1. The van der Waals surface area contributed by atoms with Gasteiger partial charge in [-0.2, -0.15) is 0 Å². The summed E-state index contributed by atoms with van der Waals surface area (Å²) in [7, 11) is 1.98. The second-order valence-electron chi connectivity index (χ2n) is 8.10. The van der Waals surface area contributed by atoms with Crippen LogP contribution in [0.25, 0.3) is 11.1 Å². The number of nitrogens with one attached hydrogen (secondary N) is 2. The van der Waals surface area contributed by atoms with Crippen molar-refractivity contribution in [1.29, 1.82) is 0 Å². The summed E-state index contributed by atoms with van der Waals surface area (Å²) < 4.78 is 18.1. The fourth-order valence-electron chi connectivity index (χ4n) is 3.81. The van der Waals surface area contributed by atoms with Gasteiger partial charge < -0.3 is 24.7 Å². The number of hydrogen-bond acceptors (Lipinski definition) is 5. The molecule has 0 aliphatic carbocycles. The van der Waals surface area contributed by atoms with E-state index < -0.39 is 0 Å². The van der Waals surface area contributed by atoms with Crippen LogP contribution in [0.4, 0.5) is 15.8 Å². The molecule has 0 saturated carbocycles. The molecular weight excluding hydrogens is 429 g/mol. The molecule has 34 heavy (non-hydrogen) atoms. The van der Waals surface area contributed by atoms with Gasteiger partial charge >= 0.3 is 0 Å². The van der Waals surface area contributed by atoms with Gasteiger partial charge in [-0.3, -0.25) is 0 Å². The Morgan fingerprint density at radius 2 is 1.59 bits per heavy atom. The van der Waals surface area contributed by atoms with Gasteiger partial charge in [-0.05, 0) is 68.7 Å². The first-order valence-corrected chi connectivity index (χ1v) is 11.7. The van der Waals surface area contributed by atoms with Gasteiger partial charge in [0.2, 0.25) is 0 Å². The molecule has 1 saturated heterocycles. The van der Waals surface area contributed by atoms with Crippen LogP contribution in [0.15, 0.2) is 59.4 Å². The largest absolute Gasteiger partial charge is 0.472 e. The molecule has 4 rings (SSSR count). The monoisotopic (exact) mass is 469 g/mol. The predicted molar refractivity (Wildman–Crippen MR) is 142 cm³/mol. The summed E-state index contributed by atoms with van der Waals surface area (Å²) in [6.07, 6.45) is 3.18. The summed E-state index contributed by atoms with van der Waals surface area (Å²) in [4.78, 5) is 10.5. The van der Waals surface area contributed by atoms with Crippen LogP contribution in [0.2, 0.25) is 0 Å². The molecule has 3 aromatic rings. The average Bonchev–Trinajstić information content (AvgIpc) is 3.39. The highest BCUT2D eigenvalue weighted by atomic mass is 19.1. The van der Waals surface area contributed by atoms with Crippen molar-refractivity contribution in [3.05, 3.63) is 71.9 Å². The molecule has 0 radical (unpaired) electrons. The number of hydrogen-bond donors (Lipinski definition) is 2. The molecule has 0 bridgehead atoms. The zero-order chi connectivity index (χ0) is 25.7. The molecule has 1 aliphatic rings. The zero-order valence-electron chi connectivity index (χ0n) is 21.6. The number of benzene rings is 2. The van der Waals surface area contributed by atoms with Crippen LogP contribution < -0.4 is 15.5 Å². The lowest BCUT2D eigenvalue weighted by atomic mass is 10.1. The molecule has 1 fully saturated rings. The van der Waals surface area contributed by atoms with Gasteiger partial charge in [-0.1, -0.05) is 32.0 Å². The van der Waals surface area contributed by atoms with Crippen LogP contribution >= 0.6 is 0 Å². The van der Waals surface area contributed by atoms with Crippen molar-refractivity contribution in [2.45, 2.75) is 53.6 Å². The highest BCUT2D eigenvalue weighted by Gasteiger charge is 2.21. The van der Waals surface area contributed by atoms with Crippen LogP contribution in [0.3, 0.4) is 0 Å². The van der Waals surface area contributed by atoms with Gasteiger partial charge in [-0.15, -0.1) is 0 Å². The van der Waals surface area contributed by atoms with Crippen molar-refractivity contribution in [3.8, 4) is 11.1 Å². The molecule has 2 atom stereocenters. The minimum atomic E-state index is -0.182. The third kappa shape index (κ3) is 8.34. The summed E-state index contributed by atoms with van der Waals surface area (Å²) >= 11 is 0. The van der Waals surface area contributed by atoms with E-state index in [2.05, 4.69) is 54.5 Å². The minimum absolute atomic E-state index is 0.182. The molecule has 2 N–H and O–H groups in total. The van der Waals surface area contributed by atoms with E-state index in [1.165, 1.54) is 23.0 Å². The summed E-state index contributed by atoms with van der Waals surface area (Å²) in [5.41, 5.74) is 6.25. The summed E-state index contributed by atoms with van der Waals surface area (Å²) in [5.74, 6) is -0.182. The van der Waals surface area contributed by atoms with E-state index in [0.29, 0.717) is 17.6 Å². The molecule has 2 heterocycles. The highest BCUT2D eigenvalue weighted by molar-refractivity contribution is 5.63. The number of carbonyl (C=O) groups is 1. The highest BCUT2D eigenvalue weighted by Crippen LogP contribution is 2.24. The molecule has 1 aromatic heterocycles. The summed E-state index contributed by atoms with van der Waals surface area (Å²) in [5, 5.41) is 6.82. The van der Waals surface area contributed by atoms with E-state index in [1.807, 2.05) is 39.8 Å². The number of nitrogens with zero attached hydrogens (tertiary/aromatic N) is 1. The maximum absolute atomic E-state index is 13.1. The molecule has 1 aliphatic heterocycles. The van der Waals surface area contributed by atoms with Gasteiger partial charge in [0.25, 0.3) is 0 Å². The second-order valence-corrected chi connectivity index (χ2v) is 8.10. The predicted octanol–water partition coefficient (Wildman–Crippen LogP) is 6.46. The van der Waals surface area contributed by atoms with E-state index >= 15 is 0 Å². The third-order valence-corrected chi connectivity index (χ3v) is 5.44. The molecule has 6 heteroatoms. The van der Waals surface area contributed by atoms with Crippen LogP contribution in [0.5, 0.6) is 0 Å². The lowest BCUT2D eigenvalue weighted by Crippen LogP contribution is -2.54. The molecule has 2 unspecified atom stereocenters. The average molecular weight is 470 g/mol. The van der Waals surface area contributed by atoms with Crippen LogP contribution in [-0.2, 0) is 4.79 Å². The van der Waals surface area contributed by atoms with Gasteiger partial charge in [-0.25, -0.2) is 4.39 Å². The van der Waals surface area contributed by atoms with E-state index in [4.69, 9.17) is 9.21 Å². The Morgan fingerprint density at radius 3 is 2.12 bits per heavy atom. The smallest absolute Gasteiger partial charge is 0.126 e. The van der Waals surface area contributed by atoms with Gasteiger partial charge in [0.15, 0.2) is 0 Å². The molecule has 0 amide bonds. The summed E-state index contributed by atoms with van der Waals surface area (Å²) in [6, 6.07) is 14.7. The molecule has 0 spiro atoms. The van der Waals surface area contributed by atoms with E-state index in [0.717, 1.165) is 24.2 Å². The topological polar surface area (TPSA) is 57.5 Å². The number of rotatable bonds is 3. The standard InChI is InChI=1S/C14H23N3.C11H9FO.C2H6.CH2O/c1-10-5-6-13(7-14(10)15-4)17-8-11(2)16-12(3)9-17;1-8-2-3-9(6-11(8)12)10-4-5-13-7-10;2*1-2/h5-7,11-12,15-16H,8-9H2,1-4H3;2-7H,1H3;1-2H3;1H2. The Balaban J connectivity index is 0.000000304. The van der Waals surface area contributed by atoms with Crippen molar-refractivity contribution in [2.75, 3.05) is 30.4 Å². The van der Waals surface area contributed by atoms with Crippen molar-refractivity contribution >= 4 is 18.2 Å². The molecule has 186 valence electrons. The van der Waals surface area contributed by atoms with E-state index in [-0.39, 0.29) is 5.82 Å². The maximum Gasteiger partial charge on any atom is 0.126 e. The Labute approximate surface area is 204 Å². The van der Waals surface area contributed by atoms with Crippen molar-refractivity contribution in [3.63, 3.8) is 0 Å². The van der Waals surface area contributed by atoms with Crippen molar-refractivity contribution in [1.82, 2.24) is 5.32 Å². The number of furan rings is 1. The molecule has 5 nitrogen and oxygen atoms in total. The van der Waals surface area contributed by atoms with Gasteiger partial charge in [0, 0.05) is 49.2 Å². The fourth-order valence-corrected chi connectivity index (χ4v) is 3.81. The Morgan fingerprint density at radius 1 is 0.971 bits per heavy atom. The minimum Gasteiger partial charge on any atom is -0.472 e. The second kappa shape index (κ2) is 14.9. The van der Waals surface area contributed by atoms with Gasteiger partial charge in [0.05, 0.1) is 12.5 Å². The number of halogens is 1. The zero-order valence-corrected chi connectivity index (χ0v) is 21.6. The Bertz CT molecular complexity index is 966. The quantitative estimate of drug-likeness (QED) is 0.461. The SMILES string of the molecule is C=O.CC.CNc1cc(N2CC(C)NC(C)C2)ccc1C.Cc1ccc(-c2ccoc2)cc1F. The van der Waals surface area contributed by atoms with Crippen LogP contribution in [0.1, 0.15) is 38.8 Å². The first-order chi connectivity index (χ1) is 16.4. The first-order valence-electron chi connectivity index (χ1n) is 11.7. The number of aryl methyl sites for hydroxylation is 2. The maximum atomic E-state index is 13.1. The molecular formula is C28H40FN3O2. The fraction of sp³-hybridized carbons (Fsp3) is 0.393. The first kappa shape index (κ1) is 28.9. The van der Waals surface area contributed by atoms with Crippen LogP contribution in [-0.4, -0.2) is 39.0 Å². The Kier molecular flexibility index (Phi) is 12.7. The third-order valence-electron chi connectivity index (χ3n) is 5.44. The number of piperazine rings is 1. The number of anilines is 2. The lowest BCUT2D eigenvalue weighted by molar-refractivity contribution is -0.0979. The van der Waals surface area contributed by atoms with Crippen molar-refractivity contribution < 1.29 is 13.6 Å². The Hall–Kier alpha value is -3.12. The molecule has 2 aromatic carbocycles. The van der Waals surface area contributed by atoms with Gasteiger partial charge in [0.1, 0.15) is 12.6 Å². The summed E-state index contributed by atoms with van der Waals surface area (Å²) in [6.45, 7) is 16.5. The van der Waals surface area contributed by atoms with E-state index in [1.54, 1.807) is 25.5 Å². The van der Waals surface area contributed by atoms with Crippen LogP contribution in [0, 0.1) is 19.7 Å². The normalized spacial score (nSPS) is 16.6.